The van der Waals surface area contributed by atoms with Crippen molar-refractivity contribution >= 4 is 38.9 Å². The van der Waals surface area contributed by atoms with Crippen LogP contribution in [0.15, 0.2) is 164 Å². The fourth-order valence-corrected chi connectivity index (χ4v) is 6.86. The number of benzene rings is 6. The highest BCUT2D eigenvalue weighted by molar-refractivity contribution is 6.10. The SMILES string of the molecule is c1ccc(-c2cc(N3c4ccccc4-c4ccc(-n5c6ccccc6c6ccccc65)cc4-c4ccccc43)ccn2)cc1. The first-order valence-electron chi connectivity index (χ1n) is 15.0. The number of hydrogen-bond acceptors (Lipinski definition) is 2. The maximum Gasteiger partial charge on any atom is 0.0722 e. The average molecular weight is 562 g/mol. The van der Waals surface area contributed by atoms with Crippen molar-refractivity contribution < 1.29 is 0 Å². The van der Waals surface area contributed by atoms with Gasteiger partial charge < -0.3 is 9.47 Å². The van der Waals surface area contributed by atoms with Crippen LogP contribution in [0.5, 0.6) is 0 Å². The van der Waals surface area contributed by atoms with E-state index in [1.165, 1.54) is 44.1 Å². The maximum atomic E-state index is 4.74. The summed E-state index contributed by atoms with van der Waals surface area (Å²) in [4.78, 5) is 7.13. The Hall–Kier alpha value is -5.93. The fraction of sp³-hybridized carbons (Fsp3) is 0. The lowest BCUT2D eigenvalue weighted by Gasteiger charge is -2.27. The quantitative estimate of drug-likeness (QED) is 0.214. The van der Waals surface area contributed by atoms with Gasteiger partial charge in [-0.1, -0.05) is 109 Å². The monoisotopic (exact) mass is 561 g/mol. The van der Waals surface area contributed by atoms with E-state index in [2.05, 4.69) is 161 Å². The average Bonchev–Trinajstić information content (AvgIpc) is 3.37. The molecule has 8 aromatic rings. The zero-order valence-electron chi connectivity index (χ0n) is 23.9. The molecule has 2 aromatic heterocycles. The molecule has 0 amide bonds. The van der Waals surface area contributed by atoms with Gasteiger partial charge in [0.05, 0.1) is 28.1 Å². The van der Waals surface area contributed by atoms with Crippen LogP contribution in [0.4, 0.5) is 17.1 Å². The third-order valence-electron chi connectivity index (χ3n) is 8.78. The molecule has 0 unspecified atom stereocenters. The van der Waals surface area contributed by atoms with Crippen LogP contribution < -0.4 is 4.90 Å². The Bertz CT molecular complexity index is 2300. The van der Waals surface area contributed by atoms with Crippen LogP contribution in [0.3, 0.4) is 0 Å². The minimum absolute atomic E-state index is 0.952. The maximum absolute atomic E-state index is 4.74. The summed E-state index contributed by atoms with van der Waals surface area (Å²) in [5, 5.41) is 2.53. The molecule has 3 heterocycles. The van der Waals surface area contributed by atoms with Crippen molar-refractivity contribution in [1.82, 2.24) is 9.55 Å². The van der Waals surface area contributed by atoms with Gasteiger partial charge in [0.2, 0.25) is 0 Å². The first-order valence-corrected chi connectivity index (χ1v) is 15.0. The Morgan fingerprint density at radius 2 is 1.00 bits per heavy atom. The van der Waals surface area contributed by atoms with Crippen LogP contribution in [0, 0.1) is 0 Å². The van der Waals surface area contributed by atoms with Crippen molar-refractivity contribution in [3.05, 3.63) is 164 Å². The van der Waals surface area contributed by atoms with Crippen molar-refractivity contribution in [1.29, 1.82) is 0 Å². The molecule has 0 fully saturated rings. The zero-order chi connectivity index (χ0) is 29.0. The van der Waals surface area contributed by atoms with E-state index in [4.69, 9.17) is 4.98 Å². The molecular weight excluding hydrogens is 534 g/mol. The number of pyridine rings is 1. The van der Waals surface area contributed by atoms with Crippen molar-refractivity contribution in [3.63, 3.8) is 0 Å². The van der Waals surface area contributed by atoms with E-state index in [9.17, 15) is 0 Å². The molecule has 6 aromatic carbocycles. The molecule has 0 spiro atoms. The van der Waals surface area contributed by atoms with Gasteiger partial charge in [-0.25, -0.2) is 0 Å². The first kappa shape index (κ1) is 24.6. The van der Waals surface area contributed by atoms with Crippen molar-refractivity contribution in [2.24, 2.45) is 0 Å². The van der Waals surface area contributed by atoms with Crippen molar-refractivity contribution in [3.8, 4) is 39.2 Å². The summed E-state index contributed by atoms with van der Waals surface area (Å²) in [5.74, 6) is 0. The largest absolute Gasteiger partial charge is 0.309 e. The minimum Gasteiger partial charge on any atom is -0.309 e. The lowest BCUT2D eigenvalue weighted by atomic mass is 9.94. The second-order valence-corrected chi connectivity index (χ2v) is 11.2. The Balaban J connectivity index is 1.30. The van der Waals surface area contributed by atoms with Gasteiger partial charge in [-0.2, -0.15) is 0 Å². The van der Waals surface area contributed by atoms with Crippen LogP contribution >= 0.6 is 0 Å². The predicted molar refractivity (Wildman–Crippen MR) is 183 cm³/mol. The molecular formula is C41H27N3. The van der Waals surface area contributed by atoms with Gasteiger partial charge in [0, 0.05) is 45.0 Å². The van der Waals surface area contributed by atoms with E-state index in [0.29, 0.717) is 0 Å². The van der Waals surface area contributed by atoms with Crippen LogP contribution in [-0.4, -0.2) is 9.55 Å². The Kier molecular flexibility index (Phi) is 5.50. The van der Waals surface area contributed by atoms with E-state index in [1.807, 2.05) is 12.3 Å². The number of hydrogen-bond donors (Lipinski definition) is 0. The molecule has 1 aliphatic rings. The highest BCUT2D eigenvalue weighted by Gasteiger charge is 2.26. The molecule has 0 aliphatic carbocycles. The fourth-order valence-electron chi connectivity index (χ4n) is 6.86. The number of fused-ring (bicyclic) bond motifs is 8. The van der Waals surface area contributed by atoms with Gasteiger partial charge >= 0.3 is 0 Å². The van der Waals surface area contributed by atoms with Gasteiger partial charge in [-0.15, -0.1) is 0 Å². The first-order chi connectivity index (χ1) is 21.8. The molecule has 206 valence electrons. The van der Waals surface area contributed by atoms with Gasteiger partial charge in [-0.05, 0) is 59.7 Å². The molecule has 0 N–H and O–H groups in total. The summed E-state index contributed by atoms with van der Waals surface area (Å²) in [6.45, 7) is 0. The molecule has 0 bridgehead atoms. The summed E-state index contributed by atoms with van der Waals surface area (Å²) in [5.41, 5.74) is 13.8. The molecule has 0 atom stereocenters. The highest BCUT2D eigenvalue weighted by Crippen LogP contribution is 2.51. The van der Waals surface area contributed by atoms with E-state index >= 15 is 0 Å². The predicted octanol–water partition coefficient (Wildman–Crippen LogP) is 11.0. The third kappa shape index (κ3) is 3.73. The third-order valence-corrected chi connectivity index (χ3v) is 8.78. The van der Waals surface area contributed by atoms with Crippen LogP contribution in [0.2, 0.25) is 0 Å². The summed E-state index contributed by atoms with van der Waals surface area (Å²) in [6.07, 6.45) is 1.92. The molecule has 3 nitrogen and oxygen atoms in total. The Labute approximate surface area is 255 Å². The lowest BCUT2D eigenvalue weighted by Crippen LogP contribution is -2.11. The Morgan fingerprint density at radius 3 is 1.70 bits per heavy atom. The topological polar surface area (TPSA) is 21.1 Å². The Morgan fingerprint density at radius 1 is 0.409 bits per heavy atom. The molecule has 3 heteroatoms. The number of aromatic nitrogens is 2. The molecule has 44 heavy (non-hydrogen) atoms. The van der Waals surface area contributed by atoms with E-state index < -0.39 is 0 Å². The van der Waals surface area contributed by atoms with Crippen LogP contribution in [0.25, 0.3) is 61.0 Å². The summed E-state index contributed by atoms with van der Waals surface area (Å²) in [6, 6.07) is 56.5. The molecule has 0 radical (unpaired) electrons. The van der Waals surface area contributed by atoms with Crippen molar-refractivity contribution in [2.75, 3.05) is 4.90 Å². The number of para-hydroxylation sites is 4. The number of nitrogens with zero attached hydrogens (tertiary/aromatic N) is 3. The van der Waals surface area contributed by atoms with E-state index in [-0.39, 0.29) is 0 Å². The van der Waals surface area contributed by atoms with Crippen LogP contribution in [0.1, 0.15) is 0 Å². The summed E-state index contributed by atoms with van der Waals surface area (Å²) >= 11 is 0. The van der Waals surface area contributed by atoms with E-state index in [1.54, 1.807) is 0 Å². The summed E-state index contributed by atoms with van der Waals surface area (Å²) in [7, 11) is 0. The normalized spacial score (nSPS) is 12.0. The molecule has 9 rings (SSSR count). The van der Waals surface area contributed by atoms with Gasteiger partial charge in [0.25, 0.3) is 0 Å². The molecule has 0 saturated carbocycles. The van der Waals surface area contributed by atoms with Gasteiger partial charge in [0.15, 0.2) is 0 Å². The molecule has 0 saturated heterocycles. The second-order valence-electron chi connectivity index (χ2n) is 11.2. The minimum atomic E-state index is 0.952. The lowest BCUT2D eigenvalue weighted by molar-refractivity contribution is 1.18. The number of rotatable bonds is 3. The smallest absolute Gasteiger partial charge is 0.0722 e. The van der Waals surface area contributed by atoms with Crippen molar-refractivity contribution in [2.45, 2.75) is 0 Å². The van der Waals surface area contributed by atoms with E-state index in [0.717, 1.165) is 34.0 Å². The highest BCUT2D eigenvalue weighted by atomic mass is 15.2. The zero-order valence-corrected chi connectivity index (χ0v) is 23.9. The summed E-state index contributed by atoms with van der Waals surface area (Å²) < 4.78 is 2.40. The number of anilines is 3. The van der Waals surface area contributed by atoms with Crippen LogP contribution in [-0.2, 0) is 0 Å². The molecule has 1 aliphatic heterocycles. The second kappa shape index (κ2) is 9.82. The van der Waals surface area contributed by atoms with Gasteiger partial charge in [0.1, 0.15) is 0 Å². The van der Waals surface area contributed by atoms with Gasteiger partial charge in [-0.3, -0.25) is 4.98 Å². The standard InChI is InChI=1S/C41H27N3/c1-2-12-28(13-3-1)37-27-30(24-25-42-37)44-38-18-8-4-14-32(38)31-23-22-29(26-36(31)35-17-7-11-21-41(35)44)43-39-19-9-5-15-33(39)34-16-6-10-20-40(34)43/h1-27H.